The number of phenols is 1. The number of rotatable bonds is 1. The highest BCUT2D eigenvalue weighted by molar-refractivity contribution is 9.10. The van der Waals surface area contributed by atoms with E-state index in [0.717, 1.165) is 9.86 Å². The molecule has 0 atom stereocenters. The molecule has 3 nitrogen and oxygen atoms in total. The first-order chi connectivity index (χ1) is 7.65. The van der Waals surface area contributed by atoms with Crippen molar-refractivity contribution in [1.82, 2.24) is 0 Å². The molecule has 0 amide bonds. The van der Waals surface area contributed by atoms with E-state index in [2.05, 4.69) is 20.7 Å². The Morgan fingerprint density at radius 3 is 2.56 bits per heavy atom. The van der Waals surface area contributed by atoms with E-state index in [-0.39, 0.29) is 11.3 Å². The van der Waals surface area contributed by atoms with Crippen LogP contribution in [0, 0.1) is 0 Å². The molecule has 0 saturated carbocycles. The molecule has 0 aliphatic rings. The molecule has 0 heterocycles. The van der Waals surface area contributed by atoms with Crippen LogP contribution < -0.4 is 0 Å². The molecule has 0 bridgehead atoms. The Kier molecular flexibility index (Phi) is 2.83. The van der Waals surface area contributed by atoms with Gasteiger partial charge in [0.2, 0.25) is 0 Å². The number of benzene rings is 2. The number of carbonyl (C=O) groups excluding carboxylic acids is 1. The topological polar surface area (TPSA) is 46.5 Å². The van der Waals surface area contributed by atoms with Gasteiger partial charge < -0.3 is 9.84 Å². The standard InChI is InChI=1S/C12H9BrO3/c1-16-12(15)11-8-5-3-2-4-7(8)9(13)6-10(11)14/h2-6,14H,1H3. The lowest BCUT2D eigenvalue weighted by Crippen LogP contribution is -2.02. The molecule has 1 N–H and O–H groups in total. The van der Waals surface area contributed by atoms with Crippen LogP contribution in [0.25, 0.3) is 10.8 Å². The maximum Gasteiger partial charge on any atom is 0.342 e. The minimum Gasteiger partial charge on any atom is -0.507 e. The molecule has 16 heavy (non-hydrogen) atoms. The summed E-state index contributed by atoms with van der Waals surface area (Å²) in [6.45, 7) is 0. The maximum absolute atomic E-state index is 11.6. The Labute approximate surface area is 101 Å². The van der Waals surface area contributed by atoms with Crippen molar-refractivity contribution in [1.29, 1.82) is 0 Å². The molecule has 82 valence electrons. The second-order valence-corrected chi connectivity index (χ2v) is 4.14. The minimum atomic E-state index is -0.541. The SMILES string of the molecule is COC(=O)c1c(O)cc(Br)c2ccccc12. The van der Waals surface area contributed by atoms with Crippen molar-refractivity contribution in [2.75, 3.05) is 7.11 Å². The molecule has 0 fully saturated rings. The molecule has 0 saturated heterocycles. The summed E-state index contributed by atoms with van der Waals surface area (Å²) >= 11 is 3.34. The van der Waals surface area contributed by atoms with E-state index in [4.69, 9.17) is 0 Å². The number of phenolic OH excluding ortho intramolecular Hbond substituents is 1. The van der Waals surface area contributed by atoms with Crippen molar-refractivity contribution in [3.05, 3.63) is 40.4 Å². The van der Waals surface area contributed by atoms with Crippen LogP contribution >= 0.6 is 15.9 Å². The van der Waals surface area contributed by atoms with Gasteiger partial charge in [0.1, 0.15) is 11.3 Å². The van der Waals surface area contributed by atoms with Gasteiger partial charge in [0, 0.05) is 9.86 Å². The average Bonchev–Trinajstić information content (AvgIpc) is 2.28. The minimum absolute atomic E-state index is 0.0857. The highest BCUT2D eigenvalue weighted by Gasteiger charge is 2.17. The van der Waals surface area contributed by atoms with Gasteiger partial charge in [-0.2, -0.15) is 0 Å². The van der Waals surface area contributed by atoms with Crippen molar-refractivity contribution in [3.8, 4) is 5.75 Å². The van der Waals surface area contributed by atoms with Crippen LogP contribution in [0.3, 0.4) is 0 Å². The fourth-order valence-corrected chi connectivity index (χ4v) is 2.20. The summed E-state index contributed by atoms with van der Waals surface area (Å²) in [7, 11) is 1.29. The van der Waals surface area contributed by atoms with Gasteiger partial charge in [0.05, 0.1) is 7.11 Å². The lowest BCUT2D eigenvalue weighted by atomic mass is 10.0. The number of hydrogen-bond donors (Lipinski definition) is 1. The van der Waals surface area contributed by atoms with Gasteiger partial charge in [0.25, 0.3) is 0 Å². The molecule has 0 aliphatic carbocycles. The van der Waals surface area contributed by atoms with Crippen LogP contribution in [0.1, 0.15) is 10.4 Å². The van der Waals surface area contributed by atoms with Crippen molar-refractivity contribution in [3.63, 3.8) is 0 Å². The first kappa shape index (κ1) is 11.0. The van der Waals surface area contributed by atoms with E-state index >= 15 is 0 Å². The van der Waals surface area contributed by atoms with Gasteiger partial charge in [-0.3, -0.25) is 0 Å². The summed E-state index contributed by atoms with van der Waals surface area (Å²) in [4.78, 5) is 11.6. The number of esters is 1. The van der Waals surface area contributed by atoms with Crippen LogP contribution in [-0.2, 0) is 4.74 Å². The van der Waals surface area contributed by atoms with E-state index < -0.39 is 5.97 Å². The van der Waals surface area contributed by atoms with Gasteiger partial charge in [-0.05, 0) is 11.5 Å². The Morgan fingerprint density at radius 1 is 1.31 bits per heavy atom. The van der Waals surface area contributed by atoms with E-state index in [1.165, 1.54) is 13.2 Å². The van der Waals surface area contributed by atoms with Crippen LogP contribution in [0.4, 0.5) is 0 Å². The number of aromatic hydroxyl groups is 1. The molecule has 0 unspecified atom stereocenters. The predicted octanol–water partition coefficient (Wildman–Crippen LogP) is 3.09. The zero-order valence-electron chi connectivity index (χ0n) is 8.53. The second kappa shape index (κ2) is 4.14. The van der Waals surface area contributed by atoms with Crippen LogP contribution in [0.5, 0.6) is 5.75 Å². The summed E-state index contributed by atoms with van der Waals surface area (Å²) < 4.78 is 5.39. The van der Waals surface area contributed by atoms with Gasteiger partial charge in [-0.25, -0.2) is 4.79 Å². The molecule has 0 aliphatic heterocycles. The monoisotopic (exact) mass is 280 g/mol. The predicted molar refractivity (Wildman–Crippen MR) is 64.7 cm³/mol. The van der Waals surface area contributed by atoms with Crippen molar-refractivity contribution in [2.45, 2.75) is 0 Å². The first-order valence-corrected chi connectivity index (χ1v) is 5.43. The molecule has 2 aromatic rings. The maximum atomic E-state index is 11.6. The van der Waals surface area contributed by atoms with E-state index in [1.807, 2.05) is 12.1 Å². The lowest BCUT2D eigenvalue weighted by molar-refractivity contribution is 0.0600. The molecule has 0 spiro atoms. The van der Waals surface area contributed by atoms with Gasteiger partial charge in [-0.1, -0.05) is 40.2 Å². The summed E-state index contributed by atoms with van der Waals surface area (Å²) in [6.07, 6.45) is 0. The first-order valence-electron chi connectivity index (χ1n) is 4.63. The average molecular weight is 281 g/mol. The molecule has 2 aromatic carbocycles. The fourth-order valence-electron chi connectivity index (χ4n) is 1.63. The van der Waals surface area contributed by atoms with Gasteiger partial charge in [-0.15, -0.1) is 0 Å². The van der Waals surface area contributed by atoms with E-state index in [1.54, 1.807) is 12.1 Å². The molecule has 0 radical (unpaired) electrons. The highest BCUT2D eigenvalue weighted by Crippen LogP contribution is 2.33. The number of fused-ring (bicyclic) bond motifs is 1. The number of carbonyl (C=O) groups is 1. The van der Waals surface area contributed by atoms with Crippen molar-refractivity contribution in [2.24, 2.45) is 0 Å². The number of halogens is 1. The third kappa shape index (κ3) is 1.65. The van der Waals surface area contributed by atoms with Crippen molar-refractivity contribution >= 4 is 32.7 Å². The summed E-state index contributed by atoms with van der Waals surface area (Å²) in [5.74, 6) is -0.626. The third-order valence-electron chi connectivity index (χ3n) is 2.36. The lowest BCUT2D eigenvalue weighted by Gasteiger charge is -2.08. The largest absolute Gasteiger partial charge is 0.507 e. The summed E-state index contributed by atoms with van der Waals surface area (Å²) in [5.41, 5.74) is 0.196. The molecular weight excluding hydrogens is 272 g/mol. The number of ether oxygens (including phenoxy) is 1. The van der Waals surface area contributed by atoms with Crippen LogP contribution in [0.15, 0.2) is 34.8 Å². The smallest absolute Gasteiger partial charge is 0.342 e. The Morgan fingerprint density at radius 2 is 1.94 bits per heavy atom. The fraction of sp³-hybridized carbons (Fsp3) is 0.0833. The van der Waals surface area contributed by atoms with E-state index in [9.17, 15) is 9.90 Å². The zero-order valence-corrected chi connectivity index (χ0v) is 10.1. The quantitative estimate of drug-likeness (QED) is 0.817. The summed E-state index contributed by atoms with van der Waals surface area (Å²) in [6, 6.07) is 8.80. The zero-order chi connectivity index (χ0) is 11.7. The Hall–Kier alpha value is -1.55. The normalized spacial score (nSPS) is 10.4. The molecule has 4 heteroatoms. The van der Waals surface area contributed by atoms with Crippen LogP contribution in [-0.4, -0.2) is 18.2 Å². The Balaban J connectivity index is 2.87. The number of methoxy groups -OCH3 is 1. The summed E-state index contributed by atoms with van der Waals surface area (Å²) in [5, 5.41) is 11.3. The highest BCUT2D eigenvalue weighted by atomic mass is 79.9. The van der Waals surface area contributed by atoms with Crippen molar-refractivity contribution < 1.29 is 14.6 Å². The second-order valence-electron chi connectivity index (χ2n) is 3.29. The Bertz CT molecular complexity index is 563. The third-order valence-corrected chi connectivity index (χ3v) is 3.02. The van der Waals surface area contributed by atoms with E-state index in [0.29, 0.717) is 5.39 Å². The molecule has 0 aromatic heterocycles. The van der Waals surface area contributed by atoms with Gasteiger partial charge >= 0.3 is 5.97 Å². The molecular formula is C12H9BrO3. The van der Waals surface area contributed by atoms with Gasteiger partial charge in [0.15, 0.2) is 0 Å². The number of hydrogen-bond acceptors (Lipinski definition) is 3. The molecule has 2 rings (SSSR count). The van der Waals surface area contributed by atoms with Crippen LogP contribution in [0.2, 0.25) is 0 Å².